The van der Waals surface area contributed by atoms with E-state index in [1.165, 1.54) is 12.1 Å². The number of benzene rings is 2. The van der Waals surface area contributed by atoms with Crippen LogP contribution in [0.25, 0.3) is 0 Å². The maximum absolute atomic E-state index is 12.5. The lowest BCUT2D eigenvalue weighted by molar-refractivity contribution is -0.115. The Morgan fingerprint density at radius 1 is 1.00 bits per heavy atom. The smallest absolute Gasteiger partial charge is 0.262 e. The molecular weight excluding hydrogens is 433 g/mol. The second kappa shape index (κ2) is 9.61. The van der Waals surface area contributed by atoms with Crippen LogP contribution in [0.15, 0.2) is 52.4 Å². The number of sulfonamides is 1. The average Bonchev–Trinajstić information content (AvgIpc) is 2.93. The van der Waals surface area contributed by atoms with Gasteiger partial charge in [0.05, 0.1) is 21.4 Å². The Labute approximate surface area is 180 Å². The van der Waals surface area contributed by atoms with E-state index in [9.17, 15) is 13.2 Å². The number of carbonyl (C=O) groups is 1. The highest BCUT2D eigenvalue weighted by atomic mass is 35.5. The third-order valence-corrected chi connectivity index (χ3v) is 6.56. The van der Waals surface area contributed by atoms with Gasteiger partial charge in [0.1, 0.15) is 5.84 Å². The summed E-state index contributed by atoms with van der Waals surface area (Å²) >= 11 is 11.8. The van der Waals surface area contributed by atoms with Gasteiger partial charge in [0.25, 0.3) is 10.0 Å². The third-order valence-electron chi connectivity index (χ3n) is 4.42. The molecule has 0 spiro atoms. The lowest BCUT2D eigenvalue weighted by atomic mass is 10.1. The van der Waals surface area contributed by atoms with Gasteiger partial charge < -0.3 is 5.32 Å². The molecule has 9 heteroatoms. The summed E-state index contributed by atoms with van der Waals surface area (Å²) in [5.74, 6) is 0.256. The number of hydrogen-bond acceptors (Lipinski definition) is 4. The zero-order valence-electron chi connectivity index (χ0n) is 15.6. The quantitative estimate of drug-likeness (QED) is 0.701. The number of nitrogens with zero attached hydrogens (tertiary/aromatic N) is 1. The summed E-state index contributed by atoms with van der Waals surface area (Å²) < 4.78 is 27.7. The van der Waals surface area contributed by atoms with Crippen molar-refractivity contribution in [2.45, 2.75) is 37.0 Å². The Morgan fingerprint density at radius 2 is 1.76 bits per heavy atom. The normalized spacial score (nSPS) is 14.6. The number of amidine groups is 1. The molecule has 2 N–H and O–H groups in total. The molecule has 29 heavy (non-hydrogen) atoms. The first-order valence-electron chi connectivity index (χ1n) is 9.23. The van der Waals surface area contributed by atoms with E-state index < -0.39 is 10.0 Å². The van der Waals surface area contributed by atoms with E-state index in [-0.39, 0.29) is 17.2 Å². The predicted molar refractivity (Wildman–Crippen MR) is 116 cm³/mol. The van der Waals surface area contributed by atoms with E-state index in [0.717, 1.165) is 24.8 Å². The maximum atomic E-state index is 12.5. The highest BCUT2D eigenvalue weighted by Crippen LogP contribution is 2.23. The SMILES string of the molecule is O=C(Cc1ccc(Cl)c(Cl)c1)Nc1ccc(S(=O)(=O)NC2=NCCCCC2)cc1. The molecule has 1 aliphatic rings. The summed E-state index contributed by atoms with van der Waals surface area (Å²) in [7, 11) is -3.70. The number of nitrogens with one attached hydrogen (secondary N) is 2. The Bertz CT molecular complexity index is 1020. The minimum absolute atomic E-state index is 0.118. The number of aliphatic imine (C=N–C) groups is 1. The summed E-state index contributed by atoms with van der Waals surface area (Å²) in [5, 5.41) is 3.55. The predicted octanol–water partition coefficient (Wildman–Crippen LogP) is 4.43. The van der Waals surface area contributed by atoms with E-state index in [1.807, 2.05) is 0 Å². The average molecular weight is 454 g/mol. The molecule has 1 heterocycles. The van der Waals surface area contributed by atoms with Gasteiger partial charge in [-0.3, -0.25) is 14.5 Å². The molecule has 0 aromatic heterocycles. The summed E-state index contributed by atoms with van der Waals surface area (Å²) in [4.78, 5) is 16.6. The third kappa shape index (κ3) is 6.19. The lowest BCUT2D eigenvalue weighted by Crippen LogP contribution is -2.30. The van der Waals surface area contributed by atoms with Crippen LogP contribution < -0.4 is 10.0 Å². The van der Waals surface area contributed by atoms with Gasteiger partial charge in [-0.2, -0.15) is 0 Å². The molecule has 0 saturated heterocycles. The molecule has 3 rings (SSSR count). The van der Waals surface area contributed by atoms with Crippen LogP contribution in [0.3, 0.4) is 0 Å². The van der Waals surface area contributed by atoms with Crippen LogP contribution in [0, 0.1) is 0 Å². The van der Waals surface area contributed by atoms with Crippen molar-refractivity contribution in [1.29, 1.82) is 0 Å². The Kier molecular flexibility index (Phi) is 7.16. The van der Waals surface area contributed by atoms with E-state index in [2.05, 4.69) is 15.0 Å². The van der Waals surface area contributed by atoms with Crippen LogP contribution in [-0.4, -0.2) is 26.7 Å². The van der Waals surface area contributed by atoms with Gasteiger partial charge in [-0.15, -0.1) is 0 Å². The molecule has 2 aromatic rings. The Morgan fingerprint density at radius 3 is 2.48 bits per heavy atom. The molecule has 0 aliphatic carbocycles. The van der Waals surface area contributed by atoms with Crippen molar-refractivity contribution in [3.8, 4) is 0 Å². The van der Waals surface area contributed by atoms with Gasteiger partial charge in [-0.05, 0) is 54.8 Å². The lowest BCUT2D eigenvalue weighted by Gasteiger charge is -2.11. The molecule has 0 radical (unpaired) electrons. The topological polar surface area (TPSA) is 87.6 Å². The molecule has 0 atom stereocenters. The standard InChI is InChI=1S/C20H21Cl2N3O3S/c21-17-10-5-14(12-18(17)22)13-20(26)24-15-6-8-16(9-7-15)29(27,28)25-19-4-2-1-3-11-23-19/h5-10,12H,1-4,11,13H2,(H,23,25)(H,24,26). The minimum atomic E-state index is -3.70. The summed E-state index contributed by atoms with van der Waals surface area (Å²) in [6.07, 6.45) is 3.69. The summed E-state index contributed by atoms with van der Waals surface area (Å²) in [5.41, 5.74) is 1.23. The van der Waals surface area contributed by atoms with Crippen molar-refractivity contribution in [1.82, 2.24) is 4.72 Å². The second-order valence-corrected chi connectivity index (χ2v) is 9.24. The zero-order chi connectivity index (χ0) is 20.9. The molecule has 0 fully saturated rings. The van der Waals surface area contributed by atoms with Gasteiger partial charge >= 0.3 is 0 Å². The van der Waals surface area contributed by atoms with Gasteiger partial charge in [-0.1, -0.05) is 35.7 Å². The van der Waals surface area contributed by atoms with Crippen LogP contribution in [0.1, 0.15) is 31.2 Å². The molecule has 0 unspecified atom stereocenters. The number of carbonyl (C=O) groups excluding carboxylic acids is 1. The van der Waals surface area contributed by atoms with Crippen molar-refractivity contribution in [2.24, 2.45) is 4.99 Å². The van der Waals surface area contributed by atoms with Gasteiger partial charge in [-0.25, -0.2) is 8.42 Å². The summed E-state index contributed by atoms with van der Waals surface area (Å²) in [6, 6.07) is 11.0. The van der Waals surface area contributed by atoms with Crippen LogP contribution >= 0.6 is 23.2 Å². The zero-order valence-corrected chi connectivity index (χ0v) is 17.9. The van der Waals surface area contributed by atoms with Crippen molar-refractivity contribution in [2.75, 3.05) is 11.9 Å². The highest BCUT2D eigenvalue weighted by molar-refractivity contribution is 7.90. The van der Waals surface area contributed by atoms with Gasteiger partial charge in [0.15, 0.2) is 0 Å². The van der Waals surface area contributed by atoms with Crippen molar-refractivity contribution >= 4 is 50.7 Å². The first-order valence-corrected chi connectivity index (χ1v) is 11.5. The van der Waals surface area contributed by atoms with Gasteiger partial charge in [0, 0.05) is 18.7 Å². The number of hydrogen-bond donors (Lipinski definition) is 2. The van der Waals surface area contributed by atoms with Crippen molar-refractivity contribution in [3.05, 3.63) is 58.1 Å². The fourth-order valence-electron chi connectivity index (χ4n) is 2.93. The van der Waals surface area contributed by atoms with Gasteiger partial charge in [0.2, 0.25) is 5.91 Å². The van der Waals surface area contributed by atoms with E-state index >= 15 is 0 Å². The van der Waals surface area contributed by atoms with Crippen LogP contribution in [-0.2, 0) is 21.2 Å². The Hall–Kier alpha value is -2.09. The van der Waals surface area contributed by atoms with E-state index in [1.54, 1.807) is 30.3 Å². The van der Waals surface area contributed by atoms with E-state index in [0.29, 0.717) is 34.5 Å². The molecule has 1 amide bonds. The van der Waals surface area contributed by atoms with E-state index in [4.69, 9.17) is 23.2 Å². The highest BCUT2D eigenvalue weighted by Gasteiger charge is 2.17. The number of anilines is 1. The van der Waals surface area contributed by atoms with Crippen LogP contribution in [0.2, 0.25) is 10.0 Å². The monoisotopic (exact) mass is 453 g/mol. The first kappa shape index (κ1) is 21.6. The molecule has 154 valence electrons. The molecule has 6 nitrogen and oxygen atoms in total. The molecule has 1 aliphatic heterocycles. The largest absolute Gasteiger partial charge is 0.326 e. The number of rotatable bonds is 5. The maximum Gasteiger partial charge on any atom is 0.262 e. The van der Waals surface area contributed by atoms with Crippen molar-refractivity contribution < 1.29 is 13.2 Å². The van der Waals surface area contributed by atoms with Crippen molar-refractivity contribution in [3.63, 3.8) is 0 Å². The molecule has 0 saturated carbocycles. The first-order chi connectivity index (χ1) is 13.8. The fourth-order valence-corrected chi connectivity index (χ4v) is 4.34. The molecule has 0 bridgehead atoms. The second-order valence-electron chi connectivity index (χ2n) is 6.74. The summed E-state index contributed by atoms with van der Waals surface area (Å²) in [6.45, 7) is 0.641. The number of halogens is 2. The Balaban J connectivity index is 1.62. The minimum Gasteiger partial charge on any atom is -0.326 e. The number of amides is 1. The fraction of sp³-hybridized carbons (Fsp3) is 0.300. The molecule has 2 aromatic carbocycles. The van der Waals surface area contributed by atoms with Crippen LogP contribution in [0.4, 0.5) is 5.69 Å². The van der Waals surface area contributed by atoms with Crippen LogP contribution in [0.5, 0.6) is 0 Å². The molecular formula is C20H21Cl2N3O3S.